The van der Waals surface area contributed by atoms with Gasteiger partial charge in [-0.15, -0.1) is 0 Å². The molecule has 0 saturated heterocycles. The highest BCUT2D eigenvalue weighted by molar-refractivity contribution is 5.86. The molecule has 0 aliphatic carbocycles. The molecule has 3 aromatic rings. The van der Waals surface area contributed by atoms with Crippen LogP contribution in [0.4, 0.5) is 5.82 Å². The molecule has 0 unspecified atom stereocenters. The van der Waals surface area contributed by atoms with Crippen LogP contribution in [0.25, 0.3) is 22.0 Å². The smallest absolute Gasteiger partial charge is 0.129 e. The number of benzene rings is 1. The molecular formula is C11H11N5. The van der Waals surface area contributed by atoms with E-state index in [9.17, 15) is 0 Å². The minimum atomic E-state index is 0.669. The molecule has 2 aromatic heterocycles. The normalized spacial score (nSPS) is 11.1. The van der Waals surface area contributed by atoms with Gasteiger partial charge in [0.2, 0.25) is 0 Å². The molecule has 5 heteroatoms. The van der Waals surface area contributed by atoms with E-state index in [-0.39, 0.29) is 0 Å². The molecule has 0 aliphatic rings. The van der Waals surface area contributed by atoms with Crippen LogP contribution in [0.1, 0.15) is 0 Å². The molecule has 80 valence electrons. The summed E-state index contributed by atoms with van der Waals surface area (Å²) in [5.74, 6) is 0.669. The van der Waals surface area contributed by atoms with E-state index in [4.69, 9.17) is 5.73 Å². The molecule has 1 aromatic carbocycles. The van der Waals surface area contributed by atoms with Crippen LogP contribution in [0, 0.1) is 0 Å². The van der Waals surface area contributed by atoms with Gasteiger partial charge in [0.1, 0.15) is 5.82 Å². The molecule has 0 amide bonds. The van der Waals surface area contributed by atoms with E-state index in [0.29, 0.717) is 5.82 Å². The summed E-state index contributed by atoms with van der Waals surface area (Å²) in [6, 6.07) is 6.05. The molecule has 0 saturated carbocycles. The monoisotopic (exact) mass is 213 g/mol. The first-order valence-electron chi connectivity index (χ1n) is 4.96. The van der Waals surface area contributed by atoms with Gasteiger partial charge in [0.25, 0.3) is 0 Å². The van der Waals surface area contributed by atoms with Crippen LogP contribution in [0.15, 0.2) is 30.6 Å². The Morgan fingerprint density at radius 1 is 1.31 bits per heavy atom. The number of H-pyrrole nitrogens is 1. The largest absolute Gasteiger partial charge is 0.383 e. The van der Waals surface area contributed by atoms with Crippen LogP contribution < -0.4 is 5.73 Å². The molecular weight excluding hydrogens is 202 g/mol. The number of fused-ring (bicyclic) bond motifs is 1. The Labute approximate surface area is 91.9 Å². The Balaban J connectivity index is 2.21. The summed E-state index contributed by atoms with van der Waals surface area (Å²) in [4.78, 5) is 0. The Hall–Kier alpha value is -2.30. The predicted octanol–water partition coefficient (Wildman–Crippen LogP) is 1.55. The van der Waals surface area contributed by atoms with Gasteiger partial charge >= 0.3 is 0 Å². The van der Waals surface area contributed by atoms with Crippen LogP contribution in [0.5, 0.6) is 0 Å². The maximum absolute atomic E-state index is 5.93. The Bertz CT molecular complexity index is 649. The Morgan fingerprint density at radius 2 is 2.19 bits per heavy atom. The second-order valence-corrected chi connectivity index (χ2v) is 3.74. The number of aromatic amines is 1. The van der Waals surface area contributed by atoms with Gasteiger partial charge in [-0.3, -0.25) is 9.78 Å². The summed E-state index contributed by atoms with van der Waals surface area (Å²) in [6.07, 6.45) is 3.57. The molecule has 0 atom stereocenters. The molecule has 3 N–H and O–H groups in total. The van der Waals surface area contributed by atoms with Crippen molar-refractivity contribution in [1.29, 1.82) is 0 Å². The number of hydrogen-bond acceptors (Lipinski definition) is 3. The second-order valence-electron chi connectivity index (χ2n) is 3.74. The first kappa shape index (κ1) is 8.96. The maximum atomic E-state index is 5.93. The van der Waals surface area contributed by atoms with Crippen LogP contribution in [0.3, 0.4) is 0 Å². The lowest BCUT2D eigenvalue weighted by molar-refractivity contribution is 0.779. The summed E-state index contributed by atoms with van der Waals surface area (Å²) < 4.78 is 1.66. The number of nitrogens with zero attached hydrogens (tertiary/aromatic N) is 3. The van der Waals surface area contributed by atoms with Crippen LogP contribution in [0.2, 0.25) is 0 Å². The zero-order valence-electron chi connectivity index (χ0n) is 8.81. The fraction of sp³-hybridized carbons (Fsp3) is 0.0909. The van der Waals surface area contributed by atoms with Crippen molar-refractivity contribution in [3.63, 3.8) is 0 Å². The van der Waals surface area contributed by atoms with E-state index in [2.05, 4.69) is 15.3 Å². The van der Waals surface area contributed by atoms with Gasteiger partial charge in [-0.25, -0.2) is 0 Å². The predicted molar refractivity (Wildman–Crippen MR) is 62.7 cm³/mol. The Morgan fingerprint density at radius 3 is 2.94 bits per heavy atom. The molecule has 5 nitrogen and oxygen atoms in total. The van der Waals surface area contributed by atoms with E-state index < -0.39 is 0 Å². The molecule has 0 fully saturated rings. The summed E-state index contributed by atoms with van der Waals surface area (Å²) in [7, 11) is 1.83. The maximum Gasteiger partial charge on any atom is 0.129 e. The van der Waals surface area contributed by atoms with Crippen LogP contribution >= 0.6 is 0 Å². The molecule has 0 bridgehead atoms. The van der Waals surface area contributed by atoms with Crippen molar-refractivity contribution in [2.75, 3.05) is 5.73 Å². The van der Waals surface area contributed by atoms with E-state index in [1.807, 2.05) is 25.2 Å². The van der Waals surface area contributed by atoms with Crippen LogP contribution in [-0.2, 0) is 7.05 Å². The average molecular weight is 213 g/mol. The zero-order chi connectivity index (χ0) is 11.1. The average Bonchev–Trinajstić information content (AvgIpc) is 2.86. The topological polar surface area (TPSA) is 72.5 Å². The molecule has 0 radical (unpaired) electrons. The summed E-state index contributed by atoms with van der Waals surface area (Å²) in [5.41, 5.74) is 8.96. The van der Waals surface area contributed by atoms with Crippen molar-refractivity contribution in [2.24, 2.45) is 7.05 Å². The van der Waals surface area contributed by atoms with Gasteiger partial charge in [-0.05, 0) is 17.7 Å². The van der Waals surface area contributed by atoms with Gasteiger partial charge in [-0.2, -0.15) is 10.2 Å². The summed E-state index contributed by atoms with van der Waals surface area (Å²) in [5, 5.41) is 12.1. The summed E-state index contributed by atoms with van der Waals surface area (Å²) in [6.45, 7) is 0. The van der Waals surface area contributed by atoms with Crippen molar-refractivity contribution in [2.45, 2.75) is 0 Å². The number of nitrogens with two attached hydrogens (primary N) is 1. The van der Waals surface area contributed by atoms with Crippen molar-refractivity contribution in [1.82, 2.24) is 20.0 Å². The number of hydrogen-bond donors (Lipinski definition) is 2. The highest BCUT2D eigenvalue weighted by Gasteiger charge is 2.08. The van der Waals surface area contributed by atoms with E-state index in [1.165, 1.54) is 0 Å². The lowest BCUT2D eigenvalue weighted by Crippen LogP contribution is -1.97. The molecule has 2 heterocycles. The van der Waals surface area contributed by atoms with Gasteiger partial charge in [-0.1, -0.05) is 6.07 Å². The van der Waals surface area contributed by atoms with Gasteiger partial charge in [0.05, 0.1) is 17.9 Å². The third kappa shape index (κ3) is 1.18. The SMILES string of the molecule is Cn1ncc(-c2ccc3[nH]ncc3c2)c1N. The third-order valence-electron chi connectivity index (χ3n) is 2.74. The van der Waals surface area contributed by atoms with Gasteiger partial charge < -0.3 is 5.73 Å². The fourth-order valence-electron chi connectivity index (χ4n) is 1.78. The van der Waals surface area contributed by atoms with E-state index in [1.54, 1.807) is 17.1 Å². The molecule has 0 spiro atoms. The van der Waals surface area contributed by atoms with E-state index in [0.717, 1.165) is 22.0 Å². The quantitative estimate of drug-likeness (QED) is 0.644. The minimum Gasteiger partial charge on any atom is -0.383 e. The summed E-state index contributed by atoms with van der Waals surface area (Å²) >= 11 is 0. The number of nitrogen functional groups attached to an aromatic ring is 1. The lowest BCUT2D eigenvalue weighted by Gasteiger charge is -2.00. The number of anilines is 1. The first-order chi connectivity index (χ1) is 7.75. The highest BCUT2D eigenvalue weighted by atomic mass is 15.3. The standard InChI is InChI=1S/C11H11N5/c1-16-11(12)9(6-14-16)7-2-3-10-8(4-7)5-13-15-10/h2-6H,12H2,1H3,(H,13,15). The van der Waals surface area contributed by atoms with E-state index >= 15 is 0 Å². The van der Waals surface area contributed by atoms with Crippen LogP contribution in [-0.4, -0.2) is 20.0 Å². The van der Waals surface area contributed by atoms with Gasteiger partial charge in [0.15, 0.2) is 0 Å². The van der Waals surface area contributed by atoms with Crippen molar-refractivity contribution in [3.8, 4) is 11.1 Å². The molecule has 0 aliphatic heterocycles. The van der Waals surface area contributed by atoms with Crippen molar-refractivity contribution < 1.29 is 0 Å². The number of aryl methyl sites for hydroxylation is 1. The first-order valence-corrected chi connectivity index (χ1v) is 4.96. The molecule has 3 rings (SSSR count). The molecule has 16 heavy (non-hydrogen) atoms. The number of nitrogens with one attached hydrogen (secondary N) is 1. The van der Waals surface area contributed by atoms with Gasteiger partial charge in [0, 0.05) is 18.0 Å². The minimum absolute atomic E-state index is 0.669. The van der Waals surface area contributed by atoms with Crippen molar-refractivity contribution >= 4 is 16.7 Å². The lowest BCUT2D eigenvalue weighted by atomic mass is 10.1. The number of aromatic nitrogens is 4. The zero-order valence-corrected chi connectivity index (χ0v) is 8.81. The highest BCUT2D eigenvalue weighted by Crippen LogP contribution is 2.27. The fourth-order valence-corrected chi connectivity index (χ4v) is 1.78. The second kappa shape index (κ2) is 3.10. The number of rotatable bonds is 1. The van der Waals surface area contributed by atoms with Crippen molar-refractivity contribution in [3.05, 3.63) is 30.6 Å². The third-order valence-corrected chi connectivity index (χ3v) is 2.74. The Kier molecular flexibility index (Phi) is 1.73.